The molecule has 1 rings (SSSR count). The van der Waals surface area contributed by atoms with E-state index >= 15 is 0 Å². The van der Waals surface area contributed by atoms with E-state index in [0.717, 1.165) is 43.7 Å². The molecule has 0 N–H and O–H groups in total. The van der Waals surface area contributed by atoms with Gasteiger partial charge in [0.05, 0.1) is 6.61 Å². The average molecular weight is 314 g/mol. The van der Waals surface area contributed by atoms with Gasteiger partial charge in [-0.15, -0.1) is 0 Å². The maximum atomic E-state index is 11.2. The average Bonchev–Trinajstić information content (AvgIpc) is 2.48. The molecule has 3 nitrogen and oxygen atoms in total. The van der Waals surface area contributed by atoms with Gasteiger partial charge >= 0.3 is 6.09 Å². The van der Waals surface area contributed by atoms with Crippen molar-refractivity contribution in [1.82, 2.24) is 4.90 Å². The summed E-state index contributed by atoms with van der Waals surface area (Å²) >= 11 is 0. The minimum atomic E-state index is -0.149. The van der Waals surface area contributed by atoms with Gasteiger partial charge in [-0.05, 0) is 37.5 Å². The molecule has 0 aromatic carbocycles. The molecule has 3 heteroatoms. The van der Waals surface area contributed by atoms with E-state index in [2.05, 4.69) is 34.6 Å². The molecule has 0 aromatic rings. The van der Waals surface area contributed by atoms with Crippen molar-refractivity contribution in [3.63, 3.8) is 0 Å². The van der Waals surface area contributed by atoms with Crippen LogP contribution < -0.4 is 0 Å². The maximum Gasteiger partial charge on any atom is 0.409 e. The lowest BCUT2D eigenvalue weighted by atomic mass is 9.98. The Labute approximate surface area is 138 Å². The van der Waals surface area contributed by atoms with E-state index < -0.39 is 0 Å². The predicted octanol–water partition coefficient (Wildman–Crippen LogP) is 5.73. The molecule has 132 valence electrons. The fourth-order valence-corrected chi connectivity index (χ4v) is 2.48. The van der Waals surface area contributed by atoms with Gasteiger partial charge in [-0.3, -0.25) is 0 Å². The molecule has 1 unspecified atom stereocenters. The van der Waals surface area contributed by atoms with Gasteiger partial charge in [-0.25, -0.2) is 4.79 Å². The van der Waals surface area contributed by atoms with Crippen LogP contribution >= 0.6 is 0 Å². The standard InChI is InChI=1S/C10H22.C9H17NO2/c1-5-10(4)8-6-7-9(2)3;1-3-12-9(11)10-6-4-8(2)5-7-10/h9-10H,5-8H2,1-4H3;8H,3-7H2,1-2H3. The Balaban J connectivity index is 0.000000409. The molecule has 0 radical (unpaired) electrons. The normalized spacial score (nSPS) is 17.0. The first kappa shape index (κ1) is 21.3. The van der Waals surface area contributed by atoms with Gasteiger partial charge in [0.15, 0.2) is 0 Å². The second-order valence-corrected chi connectivity index (χ2v) is 7.21. The summed E-state index contributed by atoms with van der Waals surface area (Å²) in [5.41, 5.74) is 0. The largest absolute Gasteiger partial charge is 0.450 e. The number of likely N-dealkylation sites (tertiary alicyclic amines) is 1. The van der Waals surface area contributed by atoms with Gasteiger partial charge in [0, 0.05) is 13.1 Å². The number of amides is 1. The lowest BCUT2D eigenvalue weighted by molar-refractivity contribution is 0.0934. The molecule has 0 saturated carbocycles. The van der Waals surface area contributed by atoms with Gasteiger partial charge in [-0.2, -0.15) is 0 Å². The van der Waals surface area contributed by atoms with Gasteiger partial charge < -0.3 is 9.64 Å². The first-order chi connectivity index (χ1) is 10.4. The Morgan fingerprint density at radius 1 is 1.14 bits per heavy atom. The third kappa shape index (κ3) is 10.9. The number of rotatable bonds is 6. The number of piperidine rings is 1. The van der Waals surface area contributed by atoms with Crippen LogP contribution in [0.2, 0.25) is 0 Å². The molecule has 22 heavy (non-hydrogen) atoms. The van der Waals surface area contributed by atoms with Crippen LogP contribution in [0.25, 0.3) is 0 Å². The summed E-state index contributed by atoms with van der Waals surface area (Å²) in [7, 11) is 0. The van der Waals surface area contributed by atoms with Crippen LogP contribution in [0.15, 0.2) is 0 Å². The highest BCUT2D eigenvalue weighted by Gasteiger charge is 2.20. The van der Waals surface area contributed by atoms with Gasteiger partial charge in [-0.1, -0.05) is 60.3 Å². The van der Waals surface area contributed by atoms with Crippen molar-refractivity contribution in [3.05, 3.63) is 0 Å². The van der Waals surface area contributed by atoms with Crippen LogP contribution in [-0.4, -0.2) is 30.7 Å². The lowest BCUT2D eigenvalue weighted by Crippen LogP contribution is -2.38. The number of ether oxygens (including phenoxy) is 1. The van der Waals surface area contributed by atoms with Crippen molar-refractivity contribution < 1.29 is 9.53 Å². The molecule has 0 bridgehead atoms. The number of hydrogen-bond acceptors (Lipinski definition) is 2. The quantitative estimate of drug-likeness (QED) is 0.626. The van der Waals surface area contributed by atoms with E-state index in [9.17, 15) is 4.79 Å². The van der Waals surface area contributed by atoms with Crippen molar-refractivity contribution in [2.24, 2.45) is 17.8 Å². The van der Waals surface area contributed by atoms with Crippen molar-refractivity contribution in [3.8, 4) is 0 Å². The van der Waals surface area contributed by atoms with Gasteiger partial charge in [0.2, 0.25) is 0 Å². The second kappa shape index (κ2) is 12.8. The number of carbonyl (C=O) groups excluding carboxylic acids is 1. The maximum absolute atomic E-state index is 11.2. The third-order valence-electron chi connectivity index (χ3n) is 4.48. The Morgan fingerprint density at radius 2 is 1.73 bits per heavy atom. The number of carbonyl (C=O) groups is 1. The molecule has 1 heterocycles. The zero-order valence-corrected chi connectivity index (χ0v) is 15.9. The van der Waals surface area contributed by atoms with Crippen LogP contribution in [0, 0.1) is 17.8 Å². The minimum Gasteiger partial charge on any atom is -0.450 e. The van der Waals surface area contributed by atoms with E-state index in [1.807, 2.05) is 6.92 Å². The van der Waals surface area contributed by atoms with E-state index in [0.29, 0.717) is 6.61 Å². The van der Waals surface area contributed by atoms with Crippen LogP contribution in [0.3, 0.4) is 0 Å². The first-order valence-electron chi connectivity index (χ1n) is 9.32. The second-order valence-electron chi connectivity index (χ2n) is 7.21. The summed E-state index contributed by atoms with van der Waals surface area (Å²) in [5.74, 6) is 2.60. The number of hydrogen-bond donors (Lipinski definition) is 0. The van der Waals surface area contributed by atoms with Crippen LogP contribution in [-0.2, 0) is 4.74 Å². The van der Waals surface area contributed by atoms with Crippen LogP contribution in [0.4, 0.5) is 4.79 Å². The molecular formula is C19H39NO2. The highest BCUT2D eigenvalue weighted by molar-refractivity contribution is 5.67. The molecule has 1 atom stereocenters. The monoisotopic (exact) mass is 313 g/mol. The fourth-order valence-electron chi connectivity index (χ4n) is 2.48. The Bertz CT molecular complexity index is 271. The molecule has 1 fully saturated rings. The van der Waals surface area contributed by atoms with Crippen molar-refractivity contribution in [2.75, 3.05) is 19.7 Å². The summed E-state index contributed by atoms with van der Waals surface area (Å²) < 4.78 is 4.90. The van der Waals surface area contributed by atoms with Gasteiger partial charge in [0.1, 0.15) is 0 Å². The molecule has 0 spiro atoms. The number of nitrogens with zero attached hydrogens (tertiary/aromatic N) is 1. The third-order valence-corrected chi connectivity index (χ3v) is 4.48. The summed E-state index contributed by atoms with van der Waals surface area (Å²) in [6.07, 6.45) is 7.67. The highest BCUT2D eigenvalue weighted by Crippen LogP contribution is 2.16. The zero-order valence-electron chi connectivity index (χ0n) is 15.9. The Kier molecular flexibility index (Phi) is 12.4. The topological polar surface area (TPSA) is 29.5 Å². The van der Waals surface area contributed by atoms with Crippen LogP contribution in [0.1, 0.15) is 80.1 Å². The fraction of sp³-hybridized carbons (Fsp3) is 0.947. The SMILES string of the molecule is CCC(C)CCCC(C)C.CCOC(=O)N1CCC(C)CC1. The Morgan fingerprint density at radius 3 is 2.18 bits per heavy atom. The molecular weight excluding hydrogens is 274 g/mol. The smallest absolute Gasteiger partial charge is 0.409 e. The van der Waals surface area contributed by atoms with Crippen molar-refractivity contribution in [2.45, 2.75) is 80.1 Å². The summed E-state index contributed by atoms with van der Waals surface area (Å²) in [6, 6.07) is 0. The summed E-state index contributed by atoms with van der Waals surface area (Å²) in [4.78, 5) is 13.0. The van der Waals surface area contributed by atoms with E-state index in [1.54, 1.807) is 4.90 Å². The van der Waals surface area contributed by atoms with E-state index in [1.165, 1.54) is 25.7 Å². The van der Waals surface area contributed by atoms with Gasteiger partial charge in [0.25, 0.3) is 0 Å². The molecule has 0 aromatic heterocycles. The van der Waals surface area contributed by atoms with Crippen molar-refractivity contribution >= 4 is 6.09 Å². The molecule has 1 amide bonds. The molecule has 1 aliphatic heterocycles. The highest BCUT2D eigenvalue weighted by atomic mass is 16.6. The summed E-state index contributed by atoms with van der Waals surface area (Å²) in [6.45, 7) is 15.5. The zero-order chi connectivity index (χ0) is 17.0. The van der Waals surface area contributed by atoms with Crippen molar-refractivity contribution in [1.29, 1.82) is 0 Å². The Hall–Kier alpha value is -0.730. The minimum absolute atomic E-state index is 0.149. The molecule has 1 aliphatic rings. The summed E-state index contributed by atoms with van der Waals surface area (Å²) in [5, 5.41) is 0. The molecule has 0 aliphatic carbocycles. The first-order valence-corrected chi connectivity index (χ1v) is 9.32. The lowest BCUT2D eigenvalue weighted by Gasteiger charge is -2.29. The molecule has 1 saturated heterocycles. The van der Waals surface area contributed by atoms with E-state index in [4.69, 9.17) is 4.74 Å². The van der Waals surface area contributed by atoms with E-state index in [-0.39, 0.29) is 6.09 Å². The van der Waals surface area contributed by atoms with Crippen LogP contribution in [0.5, 0.6) is 0 Å². The predicted molar refractivity (Wildman–Crippen MR) is 95.1 cm³/mol.